The zero-order valence-electron chi connectivity index (χ0n) is 19.8. The normalized spacial score (nSPS) is 12.2. The summed E-state index contributed by atoms with van der Waals surface area (Å²) in [6, 6.07) is 10.1. The van der Waals surface area contributed by atoms with Crippen LogP contribution in [0.5, 0.6) is 0 Å². The second-order valence-corrected chi connectivity index (χ2v) is 10.1. The first-order valence-corrected chi connectivity index (χ1v) is 12.7. The number of benzene rings is 2. The number of rotatable bonds is 10. The fraction of sp³-hybridized carbons (Fsp3) is 0.417. The van der Waals surface area contributed by atoms with Crippen molar-refractivity contribution < 1.29 is 22.4 Å². The molecule has 0 saturated heterocycles. The van der Waals surface area contributed by atoms with E-state index in [1.165, 1.54) is 29.2 Å². The first-order valence-electron chi connectivity index (χ1n) is 10.8. The van der Waals surface area contributed by atoms with Gasteiger partial charge in [-0.3, -0.25) is 13.9 Å². The lowest BCUT2D eigenvalue weighted by Gasteiger charge is -2.32. The van der Waals surface area contributed by atoms with Gasteiger partial charge in [-0.1, -0.05) is 31.2 Å². The molecule has 2 aromatic carbocycles. The van der Waals surface area contributed by atoms with Crippen molar-refractivity contribution in [2.45, 2.75) is 46.7 Å². The molecule has 33 heavy (non-hydrogen) atoms. The number of anilines is 1. The number of nitrogens with one attached hydrogen (secondary N) is 1. The molecule has 180 valence electrons. The second-order valence-electron chi connectivity index (χ2n) is 8.17. The van der Waals surface area contributed by atoms with E-state index in [0.717, 1.165) is 22.5 Å². The summed E-state index contributed by atoms with van der Waals surface area (Å²) in [6.45, 7) is 7.15. The van der Waals surface area contributed by atoms with Crippen LogP contribution in [0.25, 0.3) is 0 Å². The highest BCUT2D eigenvalue weighted by atomic mass is 32.2. The predicted molar refractivity (Wildman–Crippen MR) is 128 cm³/mol. The highest BCUT2D eigenvalue weighted by molar-refractivity contribution is 7.92. The molecule has 0 bridgehead atoms. The topological polar surface area (TPSA) is 86.8 Å². The summed E-state index contributed by atoms with van der Waals surface area (Å²) in [5, 5.41) is 2.77. The smallest absolute Gasteiger partial charge is 0.244 e. The molecule has 2 amide bonds. The summed E-state index contributed by atoms with van der Waals surface area (Å²) in [6.07, 6.45) is 1.78. The summed E-state index contributed by atoms with van der Waals surface area (Å²) in [5.74, 6) is -1.29. The van der Waals surface area contributed by atoms with Crippen LogP contribution in [0.1, 0.15) is 37.0 Å². The predicted octanol–water partition coefficient (Wildman–Crippen LogP) is 3.15. The van der Waals surface area contributed by atoms with Crippen LogP contribution in [0.2, 0.25) is 0 Å². The Hall–Kier alpha value is -2.94. The number of sulfonamides is 1. The van der Waals surface area contributed by atoms with E-state index in [1.54, 1.807) is 26.0 Å². The van der Waals surface area contributed by atoms with Gasteiger partial charge < -0.3 is 10.2 Å². The van der Waals surface area contributed by atoms with Gasteiger partial charge in [-0.2, -0.15) is 0 Å². The number of nitrogens with zero attached hydrogens (tertiary/aromatic N) is 2. The van der Waals surface area contributed by atoms with Crippen molar-refractivity contribution in [1.82, 2.24) is 10.2 Å². The fourth-order valence-corrected chi connectivity index (χ4v) is 4.25. The van der Waals surface area contributed by atoms with Crippen LogP contribution in [0, 0.1) is 19.7 Å². The molecule has 0 aromatic heterocycles. The van der Waals surface area contributed by atoms with Crippen LogP contribution in [0.4, 0.5) is 10.1 Å². The highest BCUT2D eigenvalue weighted by Gasteiger charge is 2.30. The molecule has 9 heteroatoms. The maximum atomic E-state index is 13.4. The van der Waals surface area contributed by atoms with Gasteiger partial charge in [-0.15, -0.1) is 0 Å². The van der Waals surface area contributed by atoms with Gasteiger partial charge in [-0.05, 0) is 62.1 Å². The minimum Gasteiger partial charge on any atom is -0.354 e. The third kappa shape index (κ3) is 7.28. The summed E-state index contributed by atoms with van der Waals surface area (Å²) >= 11 is 0. The fourth-order valence-electron chi connectivity index (χ4n) is 3.35. The molecule has 0 aliphatic rings. The molecule has 0 heterocycles. The Morgan fingerprint density at radius 3 is 2.30 bits per heavy atom. The van der Waals surface area contributed by atoms with Crippen LogP contribution < -0.4 is 9.62 Å². The Morgan fingerprint density at radius 1 is 1.09 bits per heavy atom. The molecule has 1 unspecified atom stereocenters. The number of amides is 2. The Kier molecular flexibility index (Phi) is 8.99. The van der Waals surface area contributed by atoms with E-state index >= 15 is 0 Å². The van der Waals surface area contributed by atoms with Crippen LogP contribution >= 0.6 is 0 Å². The summed E-state index contributed by atoms with van der Waals surface area (Å²) in [5.41, 5.74) is 2.60. The number of hydrogen-bond acceptors (Lipinski definition) is 4. The monoisotopic (exact) mass is 477 g/mol. The van der Waals surface area contributed by atoms with Crippen molar-refractivity contribution in [3.05, 3.63) is 65.0 Å². The average Bonchev–Trinajstić information content (AvgIpc) is 2.75. The van der Waals surface area contributed by atoms with Crippen molar-refractivity contribution >= 4 is 27.5 Å². The molecule has 2 rings (SSSR count). The number of hydrogen-bond donors (Lipinski definition) is 1. The Labute approximate surface area is 195 Å². The average molecular weight is 478 g/mol. The lowest BCUT2D eigenvalue weighted by atomic mass is 10.1. The number of aryl methyl sites for hydroxylation is 2. The van der Waals surface area contributed by atoms with Crippen LogP contribution in [0.15, 0.2) is 42.5 Å². The SMILES string of the molecule is CCCNC(=O)C(C)N(Cc1ccc(F)cc1)C(=O)CN(c1cc(C)ccc1C)S(C)(=O)=O. The molecule has 1 N–H and O–H groups in total. The van der Waals surface area contributed by atoms with Gasteiger partial charge in [0, 0.05) is 13.1 Å². The van der Waals surface area contributed by atoms with Crippen LogP contribution in [-0.2, 0) is 26.2 Å². The molecule has 0 aliphatic carbocycles. The standard InChI is InChI=1S/C24H32FN3O4S/c1-6-13-26-24(30)19(4)27(15-20-9-11-21(25)12-10-20)23(29)16-28(33(5,31)32)22-14-17(2)7-8-18(22)3/h7-12,14,19H,6,13,15-16H2,1-5H3,(H,26,30). The molecule has 0 radical (unpaired) electrons. The van der Waals surface area contributed by atoms with Crippen LogP contribution in [0.3, 0.4) is 0 Å². The van der Waals surface area contributed by atoms with E-state index in [-0.39, 0.29) is 12.5 Å². The summed E-state index contributed by atoms with van der Waals surface area (Å²) in [4.78, 5) is 27.4. The lowest BCUT2D eigenvalue weighted by Crippen LogP contribution is -2.51. The molecular formula is C24H32FN3O4S. The van der Waals surface area contributed by atoms with Gasteiger partial charge in [-0.25, -0.2) is 12.8 Å². The molecule has 0 spiro atoms. The number of halogens is 1. The molecule has 0 aliphatic heterocycles. The molecule has 2 aromatic rings. The molecule has 0 saturated carbocycles. The van der Waals surface area contributed by atoms with E-state index in [0.29, 0.717) is 23.4 Å². The Bertz CT molecular complexity index is 1090. The third-order valence-electron chi connectivity index (χ3n) is 5.30. The summed E-state index contributed by atoms with van der Waals surface area (Å²) in [7, 11) is -3.79. The van der Waals surface area contributed by atoms with Gasteiger partial charge in [0.15, 0.2) is 0 Å². The van der Waals surface area contributed by atoms with Gasteiger partial charge in [0.1, 0.15) is 18.4 Å². The van der Waals surface area contributed by atoms with E-state index < -0.39 is 34.3 Å². The van der Waals surface area contributed by atoms with Gasteiger partial charge in [0.2, 0.25) is 21.8 Å². The van der Waals surface area contributed by atoms with Gasteiger partial charge >= 0.3 is 0 Å². The lowest BCUT2D eigenvalue weighted by molar-refractivity contribution is -0.139. The minimum absolute atomic E-state index is 0.0320. The maximum Gasteiger partial charge on any atom is 0.244 e. The van der Waals surface area contributed by atoms with E-state index in [9.17, 15) is 22.4 Å². The molecule has 0 fully saturated rings. The highest BCUT2D eigenvalue weighted by Crippen LogP contribution is 2.24. The zero-order valence-corrected chi connectivity index (χ0v) is 20.6. The van der Waals surface area contributed by atoms with E-state index in [1.807, 2.05) is 19.9 Å². The zero-order chi connectivity index (χ0) is 24.8. The largest absolute Gasteiger partial charge is 0.354 e. The Balaban J connectivity index is 2.40. The van der Waals surface area contributed by atoms with Gasteiger partial charge in [0.05, 0.1) is 11.9 Å². The minimum atomic E-state index is -3.79. The molecule has 1 atom stereocenters. The second kappa shape index (κ2) is 11.3. The van der Waals surface area contributed by atoms with Crippen molar-refractivity contribution in [1.29, 1.82) is 0 Å². The maximum absolute atomic E-state index is 13.4. The van der Waals surface area contributed by atoms with Crippen molar-refractivity contribution in [2.75, 3.05) is 23.7 Å². The quantitative estimate of drug-likeness (QED) is 0.570. The van der Waals surface area contributed by atoms with Crippen molar-refractivity contribution in [3.8, 4) is 0 Å². The molecule has 7 nitrogen and oxygen atoms in total. The Morgan fingerprint density at radius 2 is 1.73 bits per heavy atom. The van der Waals surface area contributed by atoms with Crippen molar-refractivity contribution in [2.24, 2.45) is 0 Å². The van der Waals surface area contributed by atoms with E-state index in [4.69, 9.17) is 0 Å². The first-order chi connectivity index (χ1) is 15.4. The van der Waals surface area contributed by atoms with E-state index in [2.05, 4.69) is 5.32 Å². The third-order valence-corrected chi connectivity index (χ3v) is 6.42. The van der Waals surface area contributed by atoms with Crippen LogP contribution in [-0.4, -0.2) is 50.5 Å². The van der Waals surface area contributed by atoms with Gasteiger partial charge in [0.25, 0.3) is 0 Å². The molecular weight excluding hydrogens is 445 g/mol. The van der Waals surface area contributed by atoms with Crippen molar-refractivity contribution in [3.63, 3.8) is 0 Å². The first kappa shape index (κ1) is 26.3. The number of carbonyl (C=O) groups excluding carboxylic acids is 2. The number of carbonyl (C=O) groups is 2. The summed E-state index contributed by atoms with van der Waals surface area (Å²) < 4.78 is 39.7.